The molecule has 1 aromatic rings. The molecule has 0 radical (unpaired) electrons. The zero-order valence-corrected chi connectivity index (χ0v) is 7.59. The summed E-state index contributed by atoms with van der Waals surface area (Å²) in [4.78, 5) is 11.2. The molecule has 1 unspecified atom stereocenters. The second-order valence-corrected chi connectivity index (χ2v) is 3.40. The predicted molar refractivity (Wildman–Crippen MR) is 51.2 cm³/mol. The van der Waals surface area contributed by atoms with Gasteiger partial charge in [0.05, 0.1) is 5.69 Å². The van der Waals surface area contributed by atoms with E-state index >= 15 is 0 Å². The minimum Gasteiger partial charge on any atom is -0.324 e. The fourth-order valence-corrected chi connectivity index (χ4v) is 1.63. The van der Waals surface area contributed by atoms with Crippen molar-refractivity contribution < 1.29 is 9.18 Å². The maximum Gasteiger partial charge on any atom is 0.224 e. The average molecular weight is 194 g/mol. The van der Waals surface area contributed by atoms with Crippen molar-refractivity contribution in [1.29, 1.82) is 0 Å². The van der Waals surface area contributed by atoms with Crippen LogP contribution in [-0.4, -0.2) is 5.91 Å². The number of benzene rings is 1. The Morgan fingerprint density at radius 1 is 1.50 bits per heavy atom. The van der Waals surface area contributed by atoms with Gasteiger partial charge in [-0.05, 0) is 18.1 Å². The van der Waals surface area contributed by atoms with Gasteiger partial charge in [0.25, 0.3) is 0 Å². The quantitative estimate of drug-likeness (QED) is 0.658. The Balaban J connectivity index is 2.52. The summed E-state index contributed by atoms with van der Waals surface area (Å²) < 4.78 is 13.3. The molecule has 1 amide bonds. The molecule has 14 heavy (non-hydrogen) atoms. The Labute approximate surface area is 81.1 Å². The maximum atomic E-state index is 13.3. The highest BCUT2D eigenvalue weighted by atomic mass is 19.1. The van der Waals surface area contributed by atoms with E-state index < -0.39 is 5.82 Å². The van der Waals surface area contributed by atoms with Gasteiger partial charge in [0.1, 0.15) is 5.82 Å². The molecule has 0 saturated heterocycles. The van der Waals surface area contributed by atoms with Gasteiger partial charge in [-0.25, -0.2) is 4.39 Å². The molecular weight excluding hydrogens is 183 g/mol. The number of rotatable bonds is 0. The highest BCUT2D eigenvalue weighted by molar-refractivity contribution is 5.92. The van der Waals surface area contributed by atoms with E-state index in [0.29, 0.717) is 18.4 Å². The van der Waals surface area contributed by atoms with Crippen molar-refractivity contribution >= 4 is 11.6 Å². The molecule has 2 rings (SSSR count). The number of nitrogens with one attached hydrogen (secondary N) is 1. The molecular formula is C10H11FN2O. The van der Waals surface area contributed by atoms with Crippen LogP contribution in [-0.2, 0) is 4.79 Å². The van der Waals surface area contributed by atoms with Gasteiger partial charge >= 0.3 is 0 Å². The van der Waals surface area contributed by atoms with Gasteiger partial charge in [0.15, 0.2) is 0 Å². The zero-order valence-electron chi connectivity index (χ0n) is 7.59. The van der Waals surface area contributed by atoms with Crippen LogP contribution in [0, 0.1) is 5.82 Å². The molecule has 3 nitrogen and oxygen atoms in total. The van der Waals surface area contributed by atoms with Crippen molar-refractivity contribution in [1.82, 2.24) is 0 Å². The van der Waals surface area contributed by atoms with E-state index in [2.05, 4.69) is 5.32 Å². The Hall–Kier alpha value is -1.42. The van der Waals surface area contributed by atoms with E-state index in [4.69, 9.17) is 5.73 Å². The molecule has 3 N–H and O–H groups in total. The van der Waals surface area contributed by atoms with Gasteiger partial charge in [-0.3, -0.25) is 4.79 Å². The lowest BCUT2D eigenvalue weighted by atomic mass is 10.0. The van der Waals surface area contributed by atoms with Crippen LogP contribution in [0.4, 0.5) is 10.1 Å². The number of para-hydroxylation sites is 1. The fraction of sp³-hybridized carbons (Fsp3) is 0.300. The van der Waals surface area contributed by atoms with Crippen LogP contribution in [0.3, 0.4) is 0 Å². The van der Waals surface area contributed by atoms with Crippen molar-refractivity contribution in [3.05, 3.63) is 29.6 Å². The van der Waals surface area contributed by atoms with E-state index in [1.807, 2.05) is 0 Å². The normalized spacial score (nSPS) is 21.0. The van der Waals surface area contributed by atoms with Crippen LogP contribution < -0.4 is 11.1 Å². The molecule has 1 aliphatic rings. The lowest BCUT2D eigenvalue weighted by Crippen LogP contribution is -2.10. The van der Waals surface area contributed by atoms with Crippen LogP contribution in [0.2, 0.25) is 0 Å². The molecule has 74 valence electrons. The van der Waals surface area contributed by atoms with Crippen molar-refractivity contribution in [3.8, 4) is 0 Å². The van der Waals surface area contributed by atoms with E-state index in [1.165, 1.54) is 6.07 Å². The smallest absolute Gasteiger partial charge is 0.224 e. The number of carbonyl (C=O) groups is 1. The summed E-state index contributed by atoms with van der Waals surface area (Å²) in [6.07, 6.45) is 0.900. The first-order chi connectivity index (χ1) is 6.68. The number of fused-ring (bicyclic) bond motifs is 1. The topological polar surface area (TPSA) is 55.1 Å². The van der Waals surface area contributed by atoms with E-state index in [1.54, 1.807) is 12.1 Å². The standard InChI is InChI=1S/C10H11FN2O/c11-7-3-1-2-6-8(12)4-5-9(14)13-10(6)7/h1-3,8H,4-5,12H2,(H,13,14). The van der Waals surface area contributed by atoms with Crippen molar-refractivity contribution in [2.75, 3.05) is 5.32 Å². The van der Waals surface area contributed by atoms with Crippen LogP contribution in [0.5, 0.6) is 0 Å². The zero-order chi connectivity index (χ0) is 10.1. The highest BCUT2D eigenvalue weighted by Gasteiger charge is 2.21. The second kappa shape index (κ2) is 3.38. The summed E-state index contributed by atoms with van der Waals surface area (Å²) in [6, 6.07) is 4.40. The first-order valence-electron chi connectivity index (χ1n) is 4.52. The largest absolute Gasteiger partial charge is 0.324 e. The SMILES string of the molecule is NC1CCC(=O)Nc2c(F)cccc21. The summed E-state index contributed by atoms with van der Waals surface area (Å²) in [5.74, 6) is -0.600. The summed E-state index contributed by atoms with van der Waals surface area (Å²) in [5.41, 5.74) is 6.73. The molecule has 0 bridgehead atoms. The van der Waals surface area contributed by atoms with Gasteiger partial charge < -0.3 is 11.1 Å². The number of halogens is 1. The second-order valence-electron chi connectivity index (χ2n) is 3.40. The minimum atomic E-state index is -0.423. The van der Waals surface area contributed by atoms with Crippen LogP contribution >= 0.6 is 0 Å². The van der Waals surface area contributed by atoms with Gasteiger partial charge in [0.2, 0.25) is 5.91 Å². The Kier molecular flexibility index (Phi) is 2.21. The molecule has 1 atom stereocenters. The number of hydrogen-bond acceptors (Lipinski definition) is 2. The van der Waals surface area contributed by atoms with Gasteiger partial charge in [-0.2, -0.15) is 0 Å². The number of amides is 1. The molecule has 0 saturated carbocycles. The lowest BCUT2D eigenvalue weighted by Gasteiger charge is -2.11. The molecule has 0 aliphatic carbocycles. The molecule has 0 spiro atoms. The van der Waals surface area contributed by atoms with E-state index in [-0.39, 0.29) is 17.6 Å². The Morgan fingerprint density at radius 3 is 3.07 bits per heavy atom. The third kappa shape index (κ3) is 1.48. The average Bonchev–Trinajstić information content (AvgIpc) is 2.30. The van der Waals surface area contributed by atoms with E-state index in [9.17, 15) is 9.18 Å². The third-order valence-electron chi connectivity index (χ3n) is 2.39. The van der Waals surface area contributed by atoms with Crippen LogP contribution in [0.25, 0.3) is 0 Å². The highest BCUT2D eigenvalue weighted by Crippen LogP contribution is 2.29. The van der Waals surface area contributed by atoms with Crippen molar-refractivity contribution in [2.24, 2.45) is 5.73 Å². The minimum absolute atomic E-state index is 0.177. The molecule has 1 heterocycles. The molecule has 4 heteroatoms. The first-order valence-corrected chi connectivity index (χ1v) is 4.52. The van der Waals surface area contributed by atoms with Gasteiger partial charge in [-0.15, -0.1) is 0 Å². The van der Waals surface area contributed by atoms with Crippen molar-refractivity contribution in [3.63, 3.8) is 0 Å². The molecule has 1 aromatic carbocycles. The van der Waals surface area contributed by atoms with Crippen LogP contribution in [0.1, 0.15) is 24.4 Å². The summed E-state index contributed by atoms with van der Waals surface area (Å²) in [5, 5.41) is 2.53. The lowest BCUT2D eigenvalue weighted by molar-refractivity contribution is -0.116. The number of anilines is 1. The molecule has 0 aromatic heterocycles. The molecule has 1 aliphatic heterocycles. The maximum absolute atomic E-state index is 13.3. The predicted octanol–water partition coefficient (Wildman–Crippen LogP) is 1.56. The van der Waals surface area contributed by atoms with Crippen molar-refractivity contribution in [2.45, 2.75) is 18.9 Å². The van der Waals surface area contributed by atoms with Crippen LogP contribution in [0.15, 0.2) is 18.2 Å². The van der Waals surface area contributed by atoms with Gasteiger partial charge in [0, 0.05) is 12.5 Å². The van der Waals surface area contributed by atoms with E-state index in [0.717, 1.165) is 0 Å². The number of nitrogens with two attached hydrogens (primary N) is 1. The Bertz CT molecular complexity index is 378. The van der Waals surface area contributed by atoms with Gasteiger partial charge in [-0.1, -0.05) is 12.1 Å². The molecule has 0 fully saturated rings. The monoisotopic (exact) mass is 194 g/mol. The number of carbonyl (C=O) groups excluding carboxylic acids is 1. The first kappa shape index (κ1) is 9.15. The summed E-state index contributed by atoms with van der Waals surface area (Å²) >= 11 is 0. The summed E-state index contributed by atoms with van der Waals surface area (Å²) in [6.45, 7) is 0. The Morgan fingerprint density at radius 2 is 2.29 bits per heavy atom. The fourth-order valence-electron chi connectivity index (χ4n) is 1.63. The third-order valence-corrected chi connectivity index (χ3v) is 2.39. The number of hydrogen-bond donors (Lipinski definition) is 2. The summed E-state index contributed by atoms with van der Waals surface area (Å²) in [7, 11) is 0.